The standard InChI is InChI=1S/C27H29F3N4O4/c1-4-17-14-24(35-3)16(2)36-26(17)38-33-23-12-6-18-13-19(5-11-22(18)23)25-31-15-34(32-25)20-7-9-21(10-8-20)37-27(28,29)30/h5,7-11,13,15-17,24,26H,4,6,12,14H2,1-3H3/b33-23+/t16-,17+,24+,26-/m0/s1. The van der Waals surface area contributed by atoms with Gasteiger partial charge in [0, 0.05) is 24.2 Å². The number of aryl methyl sites for hydroxylation is 1. The van der Waals surface area contributed by atoms with E-state index in [1.54, 1.807) is 7.11 Å². The second-order valence-corrected chi connectivity index (χ2v) is 9.46. The van der Waals surface area contributed by atoms with Crippen LogP contribution in [0.1, 0.15) is 44.2 Å². The molecule has 2 heterocycles. The fourth-order valence-electron chi connectivity index (χ4n) is 4.91. The van der Waals surface area contributed by atoms with Gasteiger partial charge in [-0.25, -0.2) is 9.67 Å². The number of hydrogen-bond acceptors (Lipinski definition) is 7. The molecule has 1 fully saturated rings. The SMILES string of the molecule is CC[C@@H]1C[C@@H](OC)[C@H](C)O[C@H]1O/N=C1\CCc2cc(-c3ncn(-c4ccc(OC(F)(F)F)cc4)n3)ccc21. The molecule has 0 unspecified atom stereocenters. The van der Waals surface area contributed by atoms with Gasteiger partial charge in [-0.1, -0.05) is 24.2 Å². The van der Waals surface area contributed by atoms with E-state index in [0.29, 0.717) is 11.5 Å². The zero-order valence-electron chi connectivity index (χ0n) is 21.3. The highest BCUT2D eigenvalue weighted by Gasteiger charge is 2.37. The summed E-state index contributed by atoms with van der Waals surface area (Å²) in [6, 6.07) is 11.4. The number of ether oxygens (including phenoxy) is 3. The molecule has 0 spiro atoms. The minimum absolute atomic E-state index is 0.0536. The summed E-state index contributed by atoms with van der Waals surface area (Å²) in [5.41, 5.74) is 4.43. The number of aromatic nitrogens is 3. The van der Waals surface area contributed by atoms with Gasteiger partial charge in [-0.2, -0.15) is 0 Å². The van der Waals surface area contributed by atoms with Gasteiger partial charge in [-0.15, -0.1) is 18.3 Å². The largest absolute Gasteiger partial charge is 0.573 e. The van der Waals surface area contributed by atoms with Crippen molar-refractivity contribution in [2.75, 3.05) is 7.11 Å². The van der Waals surface area contributed by atoms with Crippen molar-refractivity contribution >= 4 is 5.71 Å². The van der Waals surface area contributed by atoms with Gasteiger partial charge >= 0.3 is 6.36 Å². The van der Waals surface area contributed by atoms with Crippen LogP contribution in [0.2, 0.25) is 0 Å². The van der Waals surface area contributed by atoms with E-state index >= 15 is 0 Å². The average Bonchev–Trinajstić information content (AvgIpc) is 3.54. The number of rotatable bonds is 7. The number of methoxy groups -OCH3 is 1. The average molecular weight is 531 g/mol. The maximum Gasteiger partial charge on any atom is 0.573 e. The van der Waals surface area contributed by atoms with Crippen LogP contribution >= 0.6 is 0 Å². The van der Waals surface area contributed by atoms with Crippen molar-refractivity contribution < 1.29 is 32.2 Å². The summed E-state index contributed by atoms with van der Waals surface area (Å²) in [6.45, 7) is 4.10. The first-order chi connectivity index (χ1) is 18.2. The molecule has 8 nitrogen and oxygen atoms in total. The molecule has 202 valence electrons. The van der Waals surface area contributed by atoms with Crippen LogP contribution in [0.4, 0.5) is 13.2 Å². The van der Waals surface area contributed by atoms with Crippen molar-refractivity contribution in [3.05, 3.63) is 59.9 Å². The maximum atomic E-state index is 12.4. The molecule has 0 amide bonds. The summed E-state index contributed by atoms with van der Waals surface area (Å²) in [7, 11) is 1.71. The third kappa shape index (κ3) is 5.68. The fourth-order valence-corrected chi connectivity index (χ4v) is 4.91. The number of hydrogen-bond donors (Lipinski definition) is 0. The Morgan fingerprint density at radius 1 is 1.13 bits per heavy atom. The molecular weight excluding hydrogens is 501 g/mol. The van der Waals surface area contributed by atoms with E-state index < -0.39 is 12.7 Å². The molecule has 38 heavy (non-hydrogen) atoms. The van der Waals surface area contributed by atoms with Crippen molar-refractivity contribution in [2.45, 2.75) is 64.4 Å². The molecule has 0 saturated carbocycles. The molecule has 2 aliphatic rings. The molecule has 11 heteroatoms. The van der Waals surface area contributed by atoms with Crippen molar-refractivity contribution in [2.24, 2.45) is 11.1 Å². The fraction of sp³-hybridized carbons (Fsp3) is 0.444. The summed E-state index contributed by atoms with van der Waals surface area (Å²) >= 11 is 0. The van der Waals surface area contributed by atoms with E-state index in [0.717, 1.165) is 48.1 Å². The third-order valence-corrected chi connectivity index (χ3v) is 7.02. The zero-order chi connectivity index (χ0) is 26.9. The maximum absolute atomic E-state index is 12.4. The minimum atomic E-state index is -4.74. The number of alkyl halides is 3. The molecule has 2 aromatic carbocycles. The molecule has 1 aliphatic heterocycles. The van der Waals surface area contributed by atoms with Gasteiger partial charge in [-0.05, 0) is 68.5 Å². The topological polar surface area (TPSA) is 80.0 Å². The number of halogens is 3. The van der Waals surface area contributed by atoms with Crippen LogP contribution in [0.25, 0.3) is 17.1 Å². The van der Waals surface area contributed by atoms with Crippen molar-refractivity contribution in [3.8, 4) is 22.8 Å². The lowest BCUT2D eigenvalue weighted by Crippen LogP contribution is -2.44. The van der Waals surface area contributed by atoms with Crippen LogP contribution in [0.15, 0.2) is 53.9 Å². The Balaban J connectivity index is 1.27. The van der Waals surface area contributed by atoms with Gasteiger partial charge in [0.2, 0.25) is 6.29 Å². The molecular formula is C27H29F3N4O4. The minimum Gasteiger partial charge on any atom is -0.406 e. The molecule has 0 N–H and O–H groups in total. The molecule has 0 radical (unpaired) electrons. The van der Waals surface area contributed by atoms with Crippen LogP contribution in [-0.2, 0) is 20.7 Å². The summed E-state index contributed by atoms with van der Waals surface area (Å²) < 4.78 is 54.2. The highest BCUT2D eigenvalue weighted by atomic mass is 19.4. The Morgan fingerprint density at radius 2 is 1.92 bits per heavy atom. The Morgan fingerprint density at radius 3 is 2.63 bits per heavy atom. The number of oxime groups is 1. The number of nitrogens with zero attached hydrogens (tertiary/aromatic N) is 4. The van der Waals surface area contributed by atoms with Crippen molar-refractivity contribution in [1.29, 1.82) is 0 Å². The van der Waals surface area contributed by atoms with Gasteiger partial charge in [0.15, 0.2) is 5.82 Å². The normalized spacial score (nSPS) is 24.4. The van der Waals surface area contributed by atoms with Gasteiger partial charge in [0.25, 0.3) is 0 Å². The van der Waals surface area contributed by atoms with Crippen molar-refractivity contribution in [1.82, 2.24) is 14.8 Å². The molecule has 0 bridgehead atoms. The van der Waals surface area contributed by atoms with Gasteiger partial charge in [0.1, 0.15) is 12.1 Å². The summed E-state index contributed by atoms with van der Waals surface area (Å²) in [6.07, 6.45) is -0.277. The lowest BCUT2D eigenvalue weighted by Gasteiger charge is -2.37. The summed E-state index contributed by atoms with van der Waals surface area (Å²) in [5.74, 6) is 0.419. The van der Waals surface area contributed by atoms with Crippen LogP contribution in [0, 0.1) is 5.92 Å². The zero-order valence-corrected chi connectivity index (χ0v) is 21.3. The quantitative estimate of drug-likeness (QED) is 0.366. The first-order valence-electron chi connectivity index (χ1n) is 12.6. The van der Waals surface area contributed by atoms with E-state index in [1.165, 1.54) is 35.3 Å². The Bertz CT molecular complexity index is 1290. The summed E-state index contributed by atoms with van der Waals surface area (Å²) in [5, 5.41) is 8.98. The number of benzene rings is 2. The predicted molar refractivity (Wildman–Crippen MR) is 133 cm³/mol. The van der Waals surface area contributed by atoms with Gasteiger partial charge < -0.3 is 19.0 Å². The molecule has 1 aromatic heterocycles. The van der Waals surface area contributed by atoms with Crippen molar-refractivity contribution in [3.63, 3.8) is 0 Å². The molecule has 1 saturated heterocycles. The smallest absolute Gasteiger partial charge is 0.406 e. The summed E-state index contributed by atoms with van der Waals surface area (Å²) in [4.78, 5) is 10.3. The van der Waals surface area contributed by atoms with Crippen LogP contribution in [0.3, 0.4) is 0 Å². The van der Waals surface area contributed by atoms with Crippen LogP contribution in [0.5, 0.6) is 5.75 Å². The number of fused-ring (bicyclic) bond motifs is 1. The van der Waals surface area contributed by atoms with E-state index in [9.17, 15) is 13.2 Å². The van der Waals surface area contributed by atoms with Gasteiger partial charge in [0.05, 0.1) is 23.6 Å². The molecule has 1 aliphatic carbocycles. The van der Waals surface area contributed by atoms with Gasteiger partial charge in [-0.3, -0.25) is 0 Å². The Kier molecular flexibility index (Phi) is 7.40. The highest BCUT2D eigenvalue weighted by Crippen LogP contribution is 2.32. The first-order valence-corrected chi connectivity index (χ1v) is 12.6. The second-order valence-electron chi connectivity index (χ2n) is 9.46. The predicted octanol–water partition coefficient (Wildman–Crippen LogP) is 5.68. The monoisotopic (exact) mass is 530 g/mol. The van der Waals surface area contributed by atoms with Crippen LogP contribution < -0.4 is 4.74 Å². The second kappa shape index (κ2) is 10.7. The molecule has 3 aromatic rings. The Labute approximate surface area is 218 Å². The lowest BCUT2D eigenvalue weighted by atomic mass is 9.93. The van der Waals surface area contributed by atoms with E-state index in [4.69, 9.17) is 14.3 Å². The first kappa shape index (κ1) is 26.2. The van der Waals surface area contributed by atoms with E-state index in [2.05, 4.69) is 26.9 Å². The van der Waals surface area contributed by atoms with Crippen LogP contribution in [-0.4, -0.2) is 52.4 Å². The highest BCUT2D eigenvalue weighted by molar-refractivity contribution is 6.04. The third-order valence-electron chi connectivity index (χ3n) is 7.02. The van der Waals surface area contributed by atoms with E-state index in [1.807, 2.05) is 25.1 Å². The molecule has 5 rings (SSSR count). The van der Waals surface area contributed by atoms with E-state index in [-0.39, 0.29) is 23.9 Å². The lowest BCUT2D eigenvalue weighted by molar-refractivity contribution is -0.274. The Hall–Kier alpha value is -3.44. The molecule has 4 atom stereocenters.